The van der Waals surface area contributed by atoms with Gasteiger partial charge in [-0.3, -0.25) is 9.59 Å². The zero-order chi connectivity index (χ0) is 20.1. The molecule has 2 aromatic carbocycles. The number of ketones is 1. The molecule has 0 aliphatic carbocycles. The zero-order valence-corrected chi connectivity index (χ0v) is 16.1. The Morgan fingerprint density at radius 2 is 1.61 bits per heavy atom. The number of carbonyl (C=O) groups excluding carboxylic acids is 2. The molecule has 0 unspecified atom stereocenters. The quantitative estimate of drug-likeness (QED) is 0.638. The Hall–Kier alpha value is -3.54. The number of amides is 1. The first-order chi connectivity index (χ1) is 13.4. The van der Waals surface area contributed by atoms with E-state index in [1.54, 1.807) is 30.3 Å². The van der Waals surface area contributed by atoms with Crippen molar-refractivity contribution in [2.75, 3.05) is 5.32 Å². The first-order valence-electron chi connectivity index (χ1n) is 8.98. The van der Waals surface area contributed by atoms with Gasteiger partial charge in [0.05, 0.1) is 0 Å². The predicted octanol–water partition coefficient (Wildman–Crippen LogP) is 3.97. The molecule has 0 bridgehead atoms. The van der Waals surface area contributed by atoms with Crippen LogP contribution in [-0.2, 0) is 6.54 Å². The van der Waals surface area contributed by atoms with Crippen LogP contribution in [0.5, 0.6) is 0 Å². The van der Waals surface area contributed by atoms with E-state index < -0.39 is 0 Å². The Bertz CT molecular complexity index is 996. The minimum Gasteiger partial charge on any atom is -0.347 e. The molecule has 3 rings (SSSR count). The van der Waals surface area contributed by atoms with E-state index in [1.165, 1.54) is 12.5 Å². The van der Waals surface area contributed by atoms with Gasteiger partial charge in [-0.15, -0.1) is 0 Å². The summed E-state index contributed by atoms with van der Waals surface area (Å²) >= 11 is 0. The van der Waals surface area contributed by atoms with Crippen LogP contribution in [0, 0.1) is 13.8 Å². The monoisotopic (exact) mass is 374 g/mol. The summed E-state index contributed by atoms with van der Waals surface area (Å²) in [6.07, 6.45) is 0. The SMILES string of the molecule is CC(=O)c1ccc(Nc2nc(C)cc(C(=O)NCc3ccc(C)cc3)n2)cc1. The van der Waals surface area contributed by atoms with E-state index in [1.807, 2.05) is 38.1 Å². The summed E-state index contributed by atoms with van der Waals surface area (Å²) in [4.78, 5) is 32.5. The van der Waals surface area contributed by atoms with Crippen LogP contribution in [0.15, 0.2) is 54.6 Å². The number of anilines is 2. The van der Waals surface area contributed by atoms with Crippen LogP contribution in [0.1, 0.15) is 44.6 Å². The summed E-state index contributed by atoms with van der Waals surface area (Å²) in [5, 5.41) is 5.95. The van der Waals surface area contributed by atoms with Crippen LogP contribution in [0.25, 0.3) is 0 Å². The van der Waals surface area contributed by atoms with Gasteiger partial charge in [-0.05, 0) is 56.7 Å². The molecule has 3 aromatic rings. The molecular formula is C22H22N4O2. The molecule has 0 atom stereocenters. The molecule has 1 amide bonds. The molecule has 1 aromatic heterocycles. The van der Waals surface area contributed by atoms with E-state index >= 15 is 0 Å². The molecule has 142 valence electrons. The van der Waals surface area contributed by atoms with Gasteiger partial charge in [-0.2, -0.15) is 0 Å². The largest absolute Gasteiger partial charge is 0.347 e. The van der Waals surface area contributed by atoms with Gasteiger partial charge in [0, 0.05) is 23.5 Å². The number of carbonyl (C=O) groups is 2. The fourth-order valence-electron chi connectivity index (χ4n) is 2.64. The van der Waals surface area contributed by atoms with E-state index in [-0.39, 0.29) is 11.7 Å². The van der Waals surface area contributed by atoms with Crippen molar-refractivity contribution in [3.8, 4) is 0 Å². The number of nitrogens with zero attached hydrogens (tertiary/aromatic N) is 2. The van der Waals surface area contributed by atoms with Crippen molar-refractivity contribution < 1.29 is 9.59 Å². The maximum Gasteiger partial charge on any atom is 0.270 e. The van der Waals surface area contributed by atoms with Crippen molar-refractivity contribution >= 4 is 23.3 Å². The first kappa shape index (κ1) is 19.2. The molecule has 1 heterocycles. The van der Waals surface area contributed by atoms with Gasteiger partial charge < -0.3 is 10.6 Å². The molecule has 0 saturated carbocycles. The second kappa shape index (κ2) is 8.43. The van der Waals surface area contributed by atoms with E-state index in [0.29, 0.717) is 29.4 Å². The number of benzene rings is 2. The number of rotatable bonds is 6. The maximum atomic E-state index is 12.5. The van der Waals surface area contributed by atoms with Crippen molar-refractivity contribution in [1.29, 1.82) is 0 Å². The average Bonchev–Trinajstić information content (AvgIpc) is 2.67. The van der Waals surface area contributed by atoms with Crippen molar-refractivity contribution in [2.45, 2.75) is 27.3 Å². The van der Waals surface area contributed by atoms with Gasteiger partial charge in [0.2, 0.25) is 5.95 Å². The molecule has 28 heavy (non-hydrogen) atoms. The summed E-state index contributed by atoms with van der Waals surface area (Å²) in [5.74, 6) is 0.0722. The molecular weight excluding hydrogens is 352 g/mol. The van der Waals surface area contributed by atoms with Crippen molar-refractivity contribution in [3.63, 3.8) is 0 Å². The third-order valence-electron chi connectivity index (χ3n) is 4.21. The minimum atomic E-state index is -0.263. The van der Waals surface area contributed by atoms with Gasteiger partial charge in [0.15, 0.2) is 5.78 Å². The predicted molar refractivity (Wildman–Crippen MR) is 109 cm³/mol. The van der Waals surface area contributed by atoms with Gasteiger partial charge in [0.1, 0.15) is 5.69 Å². The van der Waals surface area contributed by atoms with Crippen LogP contribution >= 0.6 is 0 Å². The Kier molecular flexibility index (Phi) is 5.79. The number of aryl methyl sites for hydroxylation is 2. The Morgan fingerprint density at radius 1 is 0.929 bits per heavy atom. The Morgan fingerprint density at radius 3 is 2.25 bits per heavy atom. The standard InChI is InChI=1S/C22H22N4O2/c1-14-4-6-17(7-5-14)13-23-21(28)20-12-15(2)24-22(26-20)25-19-10-8-18(9-11-19)16(3)27/h4-12H,13H2,1-3H3,(H,23,28)(H,24,25,26). The number of Topliss-reactive ketones (excluding diaryl/α,β-unsaturated/α-hetero) is 1. The lowest BCUT2D eigenvalue weighted by molar-refractivity contribution is 0.0945. The van der Waals surface area contributed by atoms with Gasteiger partial charge in [-0.1, -0.05) is 29.8 Å². The number of hydrogen-bond acceptors (Lipinski definition) is 5. The maximum absolute atomic E-state index is 12.5. The smallest absolute Gasteiger partial charge is 0.270 e. The van der Waals surface area contributed by atoms with E-state index in [9.17, 15) is 9.59 Å². The number of nitrogens with one attached hydrogen (secondary N) is 2. The molecule has 0 radical (unpaired) electrons. The highest BCUT2D eigenvalue weighted by molar-refractivity contribution is 5.94. The van der Waals surface area contributed by atoms with Crippen LogP contribution in [0.2, 0.25) is 0 Å². The summed E-state index contributed by atoms with van der Waals surface area (Å²) in [6, 6.07) is 16.7. The summed E-state index contributed by atoms with van der Waals surface area (Å²) in [7, 11) is 0. The highest BCUT2D eigenvalue weighted by atomic mass is 16.1. The normalized spacial score (nSPS) is 10.4. The summed E-state index contributed by atoms with van der Waals surface area (Å²) in [6.45, 7) is 5.78. The molecule has 6 nitrogen and oxygen atoms in total. The molecule has 0 saturated heterocycles. The Labute approximate surface area is 164 Å². The molecule has 0 aliphatic heterocycles. The lowest BCUT2D eigenvalue weighted by atomic mass is 10.1. The highest BCUT2D eigenvalue weighted by Crippen LogP contribution is 2.15. The third kappa shape index (κ3) is 5.01. The highest BCUT2D eigenvalue weighted by Gasteiger charge is 2.11. The van der Waals surface area contributed by atoms with E-state index in [2.05, 4.69) is 20.6 Å². The van der Waals surface area contributed by atoms with Gasteiger partial charge >= 0.3 is 0 Å². The molecule has 0 fully saturated rings. The second-order valence-electron chi connectivity index (χ2n) is 6.64. The van der Waals surface area contributed by atoms with Crippen LogP contribution in [0.3, 0.4) is 0 Å². The first-order valence-corrected chi connectivity index (χ1v) is 8.98. The minimum absolute atomic E-state index is 0.00545. The second-order valence-corrected chi connectivity index (χ2v) is 6.64. The van der Waals surface area contributed by atoms with E-state index in [0.717, 1.165) is 11.3 Å². The summed E-state index contributed by atoms with van der Waals surface area (Å²) in [5.41, 5.74) is 4.54. The average molecular weight is 374 g/mol. The lowest BCUT2D eigenvalue weighted by Crippen LogP contribution is -2.24. The topological polar surface area (TPSA) is 84.0 Å². The Balaban J connectivity index is 1.70. The van der Waals surface area contributed by atoms with Gasteiger partial charge in [0.25, 0.3) is 5.91 Å². The van der Waals surface area contributed by atoms with Crippen molar-refractivity contribution in [3.05, 3.63) is 82.7 Å². The molecule has 0 spiro atoms. The number of aromatic nitrogens is 2. The van der Waals surface area contributed by atoms with Crippen LogP contribution in [-0.4, -0.2) is 21.7 Å². The zero-order valence-electron chi connectivity index (χ0n) is 16.1. The molecule has 0 aliphatic rings. The fraction of sp³-hybridized carbons (Fsp3) is 0.182. The summed E-state index contributed by atoms with van der Waals surface area (Å²) < 4.78 is 0. The van der Waals surface area contributed by atoms with Crippen molar-refractivity contribution in [2.24, 2.45) is 0 Å². The van der Waals surface area contributed by atoms with Crippen LogP contribution in [0.4, 0.5) is 11.6 Å². The van der Waals surface area contributed by atoms with Crippen molar-refractivity contribution in [1.82, 2.24) is 15.3 Å². The lowest BCUT2D eigenvalue weighted by Gasteiger charge is -2.09. The molecule has 6 heteroatoms. The third-order valence-corrected chi connectivity index (χ3v) is 4.21. The van der Waals surface area contributed by atoms with E-state index in [4.69, 9.17) is 0 Å². The fourth-order valence-corrected chi connectivity index (χ4v) is 2.64. The number of hydrogen-bond donors (Lipinski definition) is 2. The molecule has 2 N–H and O–H groups in total. The van der Waals surface area contributed by atoms with Crippen LogP contribution < -0.4 is 10.6 Å². The van der Waals surface area contributed by atoms with Gasteiger partial charge in [-0.25, -0.2) is 9.97 Å².